The van der Waals surface area contributed by atoms with Crippen molar-refractivity contribution in [3.8, 4) is 11.5 Å². The molecule has 1 aromatic carbocycles. The average Bonchev–Trinajstić information content (AvgIpc) is 2.87. The maximum Gasteiger partial charge on any atom is 0.343 e. The van der Waals surface area contributed by atoms with Crippen molar-refractivity contribution in [1.29, 1.82) is 0 Å². The van der Waals surface area contributed by atoms with Crippen molar-refractivity contribution in [2.45, 2.75) is 13.8 Å². The molecule has 0 saturated heterocycles. The zero-order chi connectivity index (χ0) is 18.4. The van der Waals surface area contributed by atoms with E-state index in [0.717, 1.165) is 5.56 Å². The first-order valence-electron chi connectivity index (χ1n) is 7.81. The van der Waals surface area contributed by atoms with E-state index in [0.29, 0.717) is 29.5 Å². The summed E-state index contributed by atoms with van der Waals surface area (Å²) in [5.74, 6) is 0.351. The molecular weight excluding hydrogens is 322 g/mol. The van der Waals surface area contributed by atoms with Gasteiger partial charge in [0.1, 0.15) is 17.9 Å². The number of methoxy groups -OCH3 is 1. The number of ether oxygens (including phenoxy) is 3. The average molecular weight is 343 g/mol. The molecule has 0 spiro atoms. The Bertz CT molecular complexity index is 774. The number of carbonyl (C=O) groups is 1. The lowest BCUT2D eigenvalue weighted by atomic mass is 10.1. The lowest BCUT2D eigenvalue weighted by Crippen LogP contribution is -2.13. The molecule has 0 unspecified atom stereocenters. The predicted octanol–water partition coefficient (Wildman–Crippen LogP) is 3.45. The van der Waals surface area contributed by atoms with Crippen molar-refractivity contribution in [3.05, 3.63) is 53.4 Å². The summed E-state index contributed by atoms with van der Waals surface area (Å²) < 4.78 is 15.8. The number of rotatable bonds is 7. The summed E-state index contributed by atoms with van der Waals surface area (Å²) in [6, 6.07) is 5.31. The zero-order valence-corrected chi connectivity index (χ0v) is 14.5. The van der Waals surface area contributed by atoms with Gasteiger partial charge in [-0.2, -0.15) is 0 Å². The molecule has 1 aliphatic heterocycles. The van der Waals surface area contributed by atoms with Gasteiger partial charge in [0.25, 0.3) is 0 Å². The van der Waals surface area contributed by atoms with Gasteiger partial charge in [-0.05, 0) is 37.6 Å². The fourth-order valence-corrected chi connectivity index (χ4v) is 2.34. The van der Waals surface area contributed by atoms with Crippen LogP contribution in [0.2, 0.25) is 0 Å². The number of hydrogen-bond acceptors (Lipinski definition) is 6. The Morgan fingerprint density at radius 3 is 2.76 bits per heavy atom. The van der Waals surface area contributed by atoms with E-state index in [4.69, 9.17) is 14.2 Å². The van der Waals surface area contributed by atoms with Gasteiger partial charge in [0.2, 0.25) is 0 Å². The highest BCUT2D eigenvalue weighted by molar-refractivity contribution is 6.22. The summed E-state index contributed by atoms with van der Waals surface area (Å²) in [4.78, 5) is 16.2. The first kappa shape index (κ1) is 18.3. The topological polar surface area (TPSA) is 77.4 Å². The second-order valence-electron chi connectivity index (χ2n) is 5.18. The van der Waals surface area contributed by atoms with Crippen molar-refractivity contribution in [2.24, 2.45) is 4.99 Å². The van der Waals surface area contributed by atoms with E-state index in [1.54, 1.807) is 51.3 Å². The van der Waals surface area contributed by atoms with Gasteiger partial charge in [-0.15, -0.1) is 0 Å². The largest absolute Gasteiger partial charge is 0.505 e. The van der Waals surface area contributed by atoms with Gasteiger partial charge in [0, 0.05) is 0 Å². The van der Waals surface area contributed by atoms with Crippen LogP contribution in [0.3, 0.4) is 0 Å². The van der Waals surface area contributed by atoms with Crippen molar-refractivity contribution in [2.75, 3.05) is 20.3 Å². The molecule has 0 radical (unpaired) electrons. The third-order valence-corrected chi connectivity index (χ3v) is 3.46. The van der Waals surface area contributed by atoms with Crippen molar-refractivity contribution in [3.63, 3.8) is 0 Å². The molecule has 0 atom stereocenters. The molecular formula is C19H21NO5. The summed E-state index contributed by atoms with van der Waals surface area (Å²) in [6.07, 6.45) is 3.30. The van der Waals surface area contributed by atoms with Crippen LogP contribution in [0.25, 0.3) is 6.08 Å². The molecule has 2 rings (SSSR count). The molecule has 1 aromatic rings. The Morgan fingerprint density at radius 1 is 1.36 bits per heavy atom. The van der Waals surface area contributed by atoms with Crippen LogP contribution in [0.4, 0.5) is 0 Å². The molecule has 0 aliphatic carbocycles. The Balaban J connectivity index is 2.34. The predicted molar refractivity (Wildman–Crippen MR) is 96.1 cm³/mol. The first-order valence-corrected chi connectivity index (χ1v) is 7.81. The van der Waals surface area contributed by atoms with E-state index in [-0.39, 0.29) is 17.9 Å². The van der Waals surface area contributed by atoms with Crippen LogP contribution in [-0.2, 0) is 9.53 Å². The second kappa shape index (κ2) is 8.19. The summed E-state index contributed by atoms with van der Waals surface area (Å²) >= 11 is 0. The molecule has 0 saturated carbocycles. The molecule has 1 N–H and O–H groups in total. The number of aliphatic hydroxyl groups excluding tert-OH is 1. The Kier molecular flexibility index (Phi) is 6.00. The molecule has 0 fully saturated rings. The second-order valence-corrected chi connectivity index (χ2v) is 5.18. The Labute approximate surface area is 146 Å². The van der Waals surface area contributed by atoms with Gasteiger partial charge < -0.3 is 19.3 Å². The SMILES string of the molecule is C=CCOc1ccc(C=C2N=C(C)C(C(=O)OCC)=C2O)cc1OC. The summed E-state index contributed by atoms with van der Waals surface area (Å²) in [6.45, 7) is 7.55. The summed E-state index contributed by atoms with van der Waals surface area (Å²) in [5.41, 5.74) is 1.54. The van der Waals surface area contributed by atoms with Gasteiger partial charge in [-0.1, -0.05) is 18.7 Å². The smallest absolute Gasteiger partial charge is 0.343 e. The lowest BCUT2D eigenvalue weighted by Gasteiger charge is -2.10. The number of benzene rings is 1. The van der Waals surface area contributed by atoms with Gasteiger partial charge in [-0.25, -0.2) is 9.79 Å². The highest BCUT2D eigenvalue weighted by atomic mass is 16.5. The number of hydrogen-bond donors (Lipinski definition) is 1. The van der Waals surface area contributed by atoms with Gasteiger partial charge in [0.05, 0.1) is 19.4 Å². The third kappa shape index (κ3) is 4.09. The van der Waals surface area contributed by atoms with Crippen LogP contribution in [-0.4, -0.2) is 37.1 Å². The third-order valence-electron chi connectivity index (χ3n) is 3.46. The quantitative estimate of drug-likeness (QED) is 0.606. The summed E-state index contributed by atoms with van der Waals surface area (Å²) in [7, 11) is 1.54. The fraction of sp³-hybridized carbons (Fsp3) is 0.263. The van der Waals surface area contributed by atoms with Crippen molar-refractivity contribution >= 4 is 17.8 Å². The van der Waals surface area contributed by atoms with Crippen LogP contribution >= 0.6 is 0 Å². The molecule has 1 aliphatic rings. The highest BCUT2D eigenvalue weighted by Crippen LogP contribution is 2.31. The van der Waals surface area contributed by atoms with Crippen LogP contribution in [0.1, 0.15) is 19.4 Å². The standard InChI is InChI=1S/C19H21NO5/c1-5-9-25-15-8-7-13(11-16(15)23-4)10-14-18(21)17(12(3)20-14)19(22)24-6-2/h5,7-8,10-11,21H,1,6,9H2,2-4H3. The van der Waals surface area contributed by atoms with Crippen LogP contribution in [0.15, 0.2) is 52.9 Å². The monoisotopic (exact) mass is 343 g/mol. The normalized spacial score (nSPS) is 15.2. The van der Waals surface area contributed by atoms with E-state index in [1.807, 2.05) is 0 Å². The van der Waals surface area contributed by atoms with E-state index >= 15 is 0 Å². The number of aliphatic imine (C=N–C) groups is 1. The summed E-state index contributed by atoms with van der Waals surface area (Å²) in [5, 5.41) is 10.3. The first-order chi connectivity index (χ1) is 12.0. The van der Waals surface area contributed by atoms with Gasteiger partial charge in [-0.3, -0.25) is 0 Å². The van der Waals surface area contributed by atoms with Crippen LogP contribution in [0, 0.1) is 0 Å². The molecule has 0 amide bonds. The minimum Gasteiger partial charge on any atom is -0.505 e. The molecule has 6 heteroatoms. The minimum absolute atomic E-state index is 0.0889. The zero-order valence-electron chi connectivity index (χ0n) is 14.5. The molecule has 132 valence electrons. The highest BCUT2D eigenvalue weighted by Gasteiger charge is 2.27. The maximum atomic E-state index is 11.9. The number of carbonyl (C=O) groups excluding carboxylic acids is 1. The minimum atomic E-state index is -0.588. The molecule has 0 bridgehead atoms. The fourth-order valence-electron chi connectivity index (χ4n) is 2.34. The van der Waals surface area contributed by atoms with Gasteiger partial charge >= 0.3 is 5.97 Å². The Morgan fingerprint density at radius 2 is 2.12 bits per heavy atom. The maximum absolute atomic E-state index is 11.9. The Hall–Kier alpha value is -3.02. The van der Waals surface area contributed by atoms with E-state index in [2.05, 4.69) is 11.6 Å². The lowest BCUT2D eigenvalue weighted by molar-refractivity contribution is -0.138. The van der Waals surface area contributed by atoms with Crippen molar-refractivity contribution < 1.29 is 24.1 Å². The van der Waals surface area contributed by atoms with E-state index in [9.17, 15) is 9.90 Å². The molecule has 1 heterocycles. The number of esters is 1. The van der Waals surface area contributed by atoms with Gasteiger partial charge in [0.15, 0.2) is 17.3 Å². The van der Waals surface area contributed by atoms with Crippen LogP contribution in [0.5, 0.6) is 11.5 Å². The molecule has 6 nitrogen and oxygen atoms in total. The van der Waals surface area contributed by atoms with E-state index < -0.39 is 5.97 Å². The van der Waals surface area contributed by atoms with E-state index in [1.165, 1.54) is 0 Å². The van der Waals surface area contributed by atoms with Crippen LogP contribution < -0.4 is 9.47 Å². The number of nitrogens with zero attached hydrogens (tertiary/aromatic N) is 1. The molecule has 0 aromatic heterocycles. The number of aliphatic hydroxyl groups is 1. The van der Waals surface area contributed by atoms with Crippen molar-refractivity contribution in [1.82, 2.24) is 0 Å². The molecule has 25 heavy (non-hydrogen) atoms.